The fourth-order valence-electron chi connectivity index (χ4n) is 4.06. The standard InChI is InChI=1S/C24H29ClF3N3S/c1-5-19(11-16(2)7-6-10-25)15-31-17(3)13-30(14-18(31)4)23-29-21-9-8-20(24(26,27)28)12-22(21)32-23/h5,7-9,11-12,17-18H,1,6,10,13-15H2,2-4H3/b16-7-,19-11+. The van der Waals surface area contributed by atoms with E-state index in [-0.39, 0.29) is 12.1 Å². The third kappa shape index (κ3) is 5.94. The molecule has 2 heterocycles. The van der Waals surface area contributed by atoms with E-state index in [9.17, 15) is 13.2 Å². The number of anilines is 1. The molecule has 1 saturated heterocycles. The van der Waals surface area contributed by atoms with Crippen molar-refractivity contribution in [1.82, 2.24) is 9.88 Å². The molecule has 0 N–H and O–H groups in total. The second kappa shape index (κ2) is 10.4. The van der Waals surface area contributed by atoms with Gasteiger partial charge in [0.2, 0.25) is 0 Å². The maximum Gasteiger partial charge on any atom is 0.416 e. The van der Waals surface area contributed by atoms with E-state index in [1.807, 2.05) is 6.08 Å². The van der Waals surface area contributed by atoms with Crippen LogP contribution in [0.3, 0.4) is 0 Å². The maximum atomic E-state index is 13.0. The van der Waals surface area contributed by atoms with Crippen molar-refractivity contribution in [2.45, 2.75) is 45.5 Å². The van der Waals surface area contributed by atoms with Crippen LogP contribution in [-0.4, -0.2) is 47.5 Å². The molecule has 0 bridgehead atoms. The number of allylic oxidation sites excluding steroid dienone is 3. The van der Waals surface area contributed by atoms with Gasteiger partial charge in [-0.25, -0.2) is 4.98 Å². The molecule has 1 fully saturated rings. The van der Waals surface area contributed by atoms with Crippen LogP contribution in [0.15, 0.2) is 54.2 Å². The van der Waals surface area contributed by atoms with Gasteiger partial charge in [0, 0.05) is 37.6 Å². The minimum absolute atomic E-state index is 0.256. The first-order valence-corrected chi connectivity index (χ1v) is 12.0. The molecule has 3 nitrogen and oxygen atoms in total. The lowest BCUT2D eigenvalue weighted by Crippen LogP contribution is -2.57. The Labute approximate surface area is 196 Å². The number of alkyl halides is 4. The van der Waals surface area contributed by atoms with Gasteiger partial charge in [0.05, 0.1) is 15.8 Å². The summed E-state index contributed by atoms with van der Waals surface area (Å²) in [6, 6.07) is 4.27. The van der Waals surface area contributed by atoms with E-state index in [4.69, 9.17) is 11.6 Å². The van der Waals surface area contributed by atoms with Crippen LogP contribution in [0.5, 0.6) is 0 Å². The zero-order valence-corrected chi connectivity index (χ0v) is 20.2. The van der Waals surface area contributed by atoms with Crippen LogP contribution < -0.4 is 4.90 Å². The molecule has 1 aliphatic heterocycles. The third-order valence-electron chi connectivity index (χ3n) is 5.69. The Morgan fingerprint density at radius 3 is 2.56 bits per heavy atom. The molecule has 2 aromatic rings. The van der Waals surface area contributed by atoms with Gasteiger partial charge in [0.25, 0.3) is 0 Å². The Balaban J connectivity index is 1.74. The lowest BCUT2D eigenvalue weighted by atomic mass is 10.0. The van der Waals surface area contributed by atoms with Crippen LogP contribution in [0.25, 0.3) is 10.2 Å². The van der Waals surface area contributed by atoms with Crippen molar-refractivity contribution in [2.24, 2.45) is 0 Å². The first-order valence-electron chi connectivity index (χ1n) is 10.7. The Hall–Kier alpha value is -1.83. The minimum atomic E-state index is -4.35. The van der Waals surface area contributed by atoms with Gasteiger partial charge in [0.15, 0.2) is 5.13 Å². The van der Waals surface area contributed by atoms with E-state index >= 15 is 0 Å². The molecule has 32 heavy (non-hydrogen) atoms. The quantitative estimate of drug-likeness (QED) is 0.315. The van der Waals surface area contributed by atoms with Crippen LogP contribution in [0.4, 0.5) is 18.3 Å². The Morgan fingerprint density at radius 1 is 1.28 bits per heavy atom. The van der Waals surface area contributed by atoms with Gasteiger partial charge in [-0.1, -0.05) is 41.7 Å². The van der Waals surface area contributed by atoms with Crippen LogP contribution in [0.2, 0.25) is 0 Å². The Kier molecular flexibility index (Phi) is 8.06. The predicted molar refractivity (Wildman–Crippen MR) is 130 cm³/mol. The van der Waals surface area contributed by atoms with Crippen molar-refractivity contribution < 1.29 is 13.2 Å². The highest BCUT2D eigenvalue weighted by Gasteiger charge is 2.33. The number of piperazine rings is 1. The SMILES string of the molecule is C=C/C(=C\C(C)=C/CCCl)CN1C(C)CN(c2nc3ccc(C(F)(F)F)cc3s2)CC1C. The summed E-state index contributed by atoms with van der Waals surface area (Å²) < 4.78 is 39.7. The summed E-state index contributed by atoms with van der Waals surface area (Å²) in [5.41, 5.74) is 2.30. The molecule has 8 heteroatoms. The zero-order chi connectivity index (χ0) is 23.5. The Morgan fingerprint density at radius 2 is 1.97 bits per heavy atom. The fraction of sp³-hybridized carbons (Fsp3) is 0.458. The third-order valence-corrected chi connectivity index (χ3v) is 6.99. The lowest BCUT2D eigenvalue weighted by molar-refractivity contribution is -0.137. The number of aromatic nitrogens is 1. The van der Waals surface area contributed by atoms with E-state index in [2.05, 4.69) is 54.3 Å². The number of rotatable bonds is 7. The Bertz CT molecular complexity index is 1000. The van der Waals surface area contributed by atoms with E-state index in [0.717, 1.165) is 42.8 Å². The average Bonchev–Trinajstić information content (AvgIpc) is 3.16. The molecule has 2 atom stereocenters. The second-order valence-electron chi connectivity index (χ2n) is 8.30. The van der Waals surface area contributed by atoms with Crippen molar-refractivity contribution in [3.8, 4) is 0 Å². The highest BCUT2D eigenvalue weighted by Crippen LogP contribution is 2.36. The summed E-state index contributed by atoms with van der Waals surface area (Å²) in [5, 5.41) is 0.775. The normalized spacial score (nSPS) is 21.4. The van der Waals surface area contributed by atoms with Crippen LogP contribution in [0, 0.1) is 0 Å². The molecule has 2 unspecified atom stereocenters. The number of thiazole rings is 1. The summed E-state index contributed by atoms with van der Waals surface area (Å²) in [6.07, 6.45) is 2.67. The summed E-state index contributed by atoms with van der Waals surface area (Å²) >= 11 is 7.10. The molecule has 1 aromatic carbocycles. The molecule has 1 aromatic heterocycles. The zero-order valence-electron chi connectivity index (χ0n) is 18.6. The van der Waals surface area contributed by atoms with Gasteiger partial charge in [-0.3, -0.25) is 4.90 Å². The smallest absolute Gasteiger partial charge is 0.345 e. The van der Waals surface area contributed by atoms with Crippen LogP contribution >= 0.6 is 22.9 Å². The van der Waals surface area contributed by atoms with E-state index in [1.54, 1.807) is 0 Å². The molecule has 0 aliphatic carbocycles. The van der Waals surface area contributed by atoms with Crippen molar-refractivity contribution in [3.63, 3.8) is 0 Å². The van der Waals surface area contributed by atoms with Crippen molar-refractivity contribution in [2.75, 3.05) is 30.4 Å². The second-order valence-corrected chi connectivity index (χ2v) is 9.69. The number of hydrogen-bond donors (Lipinski definition) is 0. The minimum Gasteiger partial charge on any atom is -0.345 e. The number of fused-ring (bicyclic) bond motifs is 1. The first kappa shape index (κ1) is 24.8. The molecule has 3 rings (SSSR count). The van der Waals surface area contributed by atoms with Crippen LogP contribution in [0.1, 0.15) is 32.8 Å². The maximum absolute atomic E-state index is 13.0. The largest absolute Gasteiger partial charge is 0.416 e. The monoisotopic (exact) mass is 483 g/mol. The molecular formula is C24H29ClF3N3S. The fourth-order valence-corrected chi connectivity index (χ4v) is 5.19. The molecule has 174 valence electrons. The van der Waals surface area contributed by atoms with E-state index < -0.39 is 11.7 Å². The molecule has 1 aliphatic rings. The van der Waals surface area contributed by atoms with Crippen molar-refractivity contribution in [1.29, 1.82) is 0 Å². The highest BCUT2D eigenvalue weighted by molar-refractivity contribution is 7.22. The summed E-state index contributed by atoms with van der Waals surface area (Å²) in [7, 11) is 0. The van der Waals surface area contributed by atoms with Crippen molar-refractivity contribution >= 4 is 38.3 Å². The number of hydrogen-bond acceptors (Lipinski definition) is 4. The van der Waals surface area contributed by atoms with E-state index in [0.29, 0.717) is 16.1 Å². The molecule has 0 amide bonds. The lowest BCUT2D eigenvalue weighted by Gasteiger charge is -2.44. The van der Waals surface area contributed by atoms with Gasteiger partial charge in [0.1, 0.15) is 0 Å². The molecule has 0 spiro atoms. The molecule has 0 radical (unpaired) electrons. The predicted octanol–water partition coefficient (Wildman–Crippen LogP) is 6.90. The molecule has 0 saturated carbocycles. The first-order chi connectivity index (χ1) is 15.1. The van der Waals surface area contributed by atoms with Gasteiger partial charge in [-0.05, 0) is 51.0 Å². The molecular weight excluding hydrogens is 455 g/mol. The summed E-state index contributed by atoms with van der Waals surface area (Å²) in [4.78, 5) is 9.24. The van der Waals surface area contributed by atoms with Gasteiger partial charge in [-0.15, -0.1) is 11.6 Å². The topological polar surface area (TPSA) is 19.4 Å². The van der Waals surface area contributed by atoms with Gasteiger partial charge < -0.3 is 4.90 Å². The number of benzene rings is 1. The summed E-state index contributed by atoms with van der Waals surface area (Å²) in [5.74, 6) is 0.605. The van der Waals surface area contributed by atoms with E-state index in [1.165, 1.54) is 29.0 Å². The number of nitrogens with zero attached hydrogens (tertiary/aromatic N) is 3. The average molecular weight is 484 g/mol. The van der Waals surface area contributed by atoms with Gasteiger partial charge >= 0.3 is 6.18 Å². The highest BCUT2D eigenvalue weighted by atomic mass is 35.5. The van der Waals surface area contributed by atoms with Crippen LogP contribution in [-0.2, 0) is 6.18 Å². The van der Waals surface area contributed by atoms with Gasteiger partial charge in [-0.2, -0.15) is 13.2 Å². The number of halogens is 4. The van der Waals surface area contributed by atoms with Crippen molar-refractivity contribution in [3.05, 3.63) is 59.7 Å². The summed E-state index contributed by atoms with van der Waals surface area (Å²) in [6.45, 7) is 12.7.